The van der Waals surface area contributed by atoms with Gasteiger partial charge in [0.15, 0.2) is 17.2 Å². The van der Waals surface area contributed by atoms with Gasteiger partial charge >= 0.3 is 6.18 Å². The molecule has 3 N–H and O–H groups in total. The minimum absolute atomic E-state index is 0.0660. The highest BCUT2D eigenvalue weighted by Gasteiger charge is 2.65. The summed E-state index contributed by atoms with van der Waals surface area (Å²) in [5, 5.41) is 2.28. The van der Waals surface area contributed by atoms with Crippen LogP contribution in [-0.4, -0.2) is 41.7 Å². The maximum atomic E-state index is 14.6. The number of nitrogens with one attached hydrogen (secondary N) is 1. The second kappa shape index (κ2) is 8.58. The van der Waals surface area contributed by atoms with E-state index in [1.165, 1.54) is 6.07 Å². The van der Waals surface area contributed by atoms with Crippen molar-refractivity contribution in [3.8, 4) is 5.75 Å². The number of rotatable bonds is 5. The number of carbonyl (C=O) groups excluding carboxylic acids is 2. The van der Waals surface area contributed by atoms with Crippen LogP contribution >= 0.6 is 0 Å². The lowest BCUT2D eigenvalue weighted by molar-refractivity contribution is -0.272. The Balaban J connectivity index is 2.12. The SMILES string of the molecule is [2H]C([2H])([2H])Oc1c([C@H]2[C@H](C(=O)Nc3ccnc(C(N)=O)c3)O[C@@](C)(C(F)(F)F)[C@H]2C)ccc(F)c1F. The predicted molar refractivity (Wildman–Crippen MR) is 106 cm³/mol. The second-order valence-electron chi connectivity index (χ2n) is 7.62. The van der Waals surface area contributed by atoms with Gasteiger partial charge in [-0.3, -0.25) is 14.6 Å². The van der Waals surface area contributed by atoms with Crippen molar-refractivity contribution in [3.63, 3.8) is 0 Å². The highest BCUT2D eigenvalue weighted by molar-refractivity contribution is 5.97. The molecule has 178 valence electrons. The van der Waals surface area contributed by atoms with Gasteiger partial charge in [-0.1, -0.05) is 13.0 Å². The normalized spacial score (nSPS) is 26.8. The Morgan fingerprint density at radius 2 is 2.00 bits per heavy atom. The molecule has 33 heavy (non-hydrogen) atoms. The zero-order chi connectivity index (χ0) is 27.2. The Morgan fingerprint density at radius 3 is 2.61 bits per heavy atom. The molecular formula is C21H20F5N3O4. The summed E-state index contributed by atoms with van der Waals surface area (Å²) in [7, 11) is -3.29. The highest BCUT2D eigenvalue weighted by Crippen LogP contribution is 2.55. The van der Waals surface area contributed by atoms with Crippen molar-refractivity contribution < 1.29 is 45.1 Å². The molecule has 0 spiro atoms. The molecule has 1 aromatic heterocycles. The third-order valence-electron chi connectivity index (χ3n) is 5.75. The first-order chi connectivity index (χ1) is 16.5. The van der Waals surface area contributed by atoms with Crippen LogP contribution in [0.1, 0.15) is 39.9 Å². The highest BCUT2D eigenvalue weighted by atomic mass is 19.4. The number of benzene rings is 1. The van der Waals surface area contributed by atoms with Crippen molar-refractivity contribution in [1.82, 2.24) is 4.98 Å². The molecule has 2 amide bonds. The van der Waals surface area contributed by atoms with Crippen LogP contribution in [0.15, 0.2) is 30.5 Å². The van der Waals surface area contributed by atoms with Crippen LogP contribution in [0.3, 0.4) is 0 Å². The van der Waals surface area contributed by atoms with E-state index in [0.29, 0.717) is 13.0 Å². The smallest absolute Gasteiger partial charge is 0.417 e. The number of aromatic nitrogens is 1. The van der Waals surface area contributed by atoms with Gasteiger partial charge in [0.25, 0.3) is 11.8 Å². The Morgan fingerprint density at radius 1 is 1.30 bits per heavy atom. The molecule has 4 atom stereocenters. The molecule has 0 aliphatic carbocycles. The first kappa shape index (κ1) is 20.3. The van der Waals surface area contributed by atoms with Crippen molar-refractivity contribution in [2.45, 2.75) is 37.6 Å². The quantitative estimate of drug-likeness (QED) is 0.643. The standard InChI is InChI=1S/C21H20F5N3O4/c1-9-14(11-4-5-12(22)15(23)16(11)32-3)17(33-20(9,2)21(24,25)26)19(31)29-10-6-7-28-13(8-10)18(27)30/h4-9,14,17H,1-3H3,(H2,27,30)(H,28,29,31)/t9-,14-,17+,20+/m0/s1/i3D3. The molecule has 1 saturated heterocycles. The van der Waals surface area contributed by atoms with Gasteiger partial charge in [0, 0.05) is 29.3 Å². The van der Waals surface area contributed by atoms with E-state index in [2.05, 4.69) is 15.0 Å². The van der Waals surface area contributed by atoms with Crippen molar-refractivity contribution >= 4 is 17.5 Å². The molecule has 2 heterocycles. The summed E-state index contributed by atoms with van der Waals surface area (Å²) in [6.07, 6.45) is -5.87. The molecule has 7 nitrogen and oxygen atoms in total. The van der Waals surface area contributed by atoms with E-state index in [9.17, 15) is 31.5 Å². The van der Waals surface area contributed by atoms with Gasteiger partial charge in [-0.05, 0) is 25.1 Å². The lowest BCUT2D eigenvalue weighted by atomic mass is 9.77. The average molecular weight is 476 g/mol. The van der Waals surface area contributed by atoms with Gasteiger partial charge < -0.3 is 20.5 Å². The zero-order valence-electron chi connectivity index (χ0n) is 20.2. The number of hydrogen-bond acceptors (Lipinski definition) is 5. The maximum absolute atomic E-state index is 14.6. The molecule has 1 aromatic carbocycles. The number of primary amides is 1. The third-order valence-corrected chi connectivity index (χ3v) is 5.75. The number of amides is 2. The third kappa shape index (κ3) is 4.22. The van der Waals surface area contributed by atoms with Crippen molar-refractivity contribution in [3.05, 3.63) is 53.4 Å². The molecule has 1 aliphatic rings. The monoisotopic (exact) mass is 476 g/mol. The Labute approximate surface area is 189 Å². The summed E-state index contributed by atoms with van der Waals surface area (Å²) in [5.41, 5.74) is 1.36. The molecule has 0 bridgehead atoms. The van der Waals surface area contributed by atoms with Crippen LogP contribution in [0, 0.1) is 17.6 Å². The van der Waals surface area contributed by atoms with Crippen LogP contribution in [0.5, 0.6) is 5.75 Å². The molecule has 0 radical (unpaired) electrons. The predicted octanol–water partition coefficient (Wildman–Crippen LogP) is 3.55. The van der Waals surface area contributed by atoms with Gasteiger partial charge in [-0.15, -0.1) is 0 Å². The fraction of sp³-hybridized carbons (Fsp3) is 0.381. The van der Waals surface area contributed by atoms with Gasteiger partial charge in [0.05, 0.1) is 11.2 Å². The Hall–Kier alpha value is -3.28. The summed E-state index contributed by atoms with van der Waals surface area (Å²) in [5.74, 6) is -9.76. The largest absolute Gasteiger partial charge is 0.493 e. The number of pyridine rings is 1. The number of anilines is 1. The fourth-order valence-corrected chi connectivity index (χ4v) is 3.79. The van der Waals surface area contributed by atoms with E-state index in [1.807, 2.05) is 0 Å². The molecule has 12 heteroatoms. The molecule has 1 fully saturated rings. The molecule has 0 unspecified atom stereocenters. The van der Waals surface area contributed by atoms with E-state index >= 15 is 0 Å². The minimum Gasteiger partial charge on any atom is -0.493 e. The Kier molecular flexibility index (Phi) is 5.29. The molecule has 1 aliphatic heterocycles. The second-order valence-corrected chi connectivity index (χ2v) is 7.62. The van der Waals surface area contributed by atoms with Gasteiger partial charge in [0.2, 0.25) is 5.82 Å². The van der Waals surface area contributed by atoms with Crippen molar-refractivity contribution in [2.24, 2.45) is 11.7 Å². The van der Waals surface area contributed by atoms with Crippen molar-refractivity contribution in [1.29, 1.82) is 0 Å². The van der Waals surface area contributed by atoms with Crippen molar-refractivity contribution in [2.75, 3.05) is 12.4 Å². The molecule has 2 aromatic rings. The number of carbonyl (C=O) groups is 2. The number of methoxy groups -OCH3 is 1. The van der Waals surface area contributed by atoms with E-state index < -0.39 is 71.5 Å². The van der Waals surface area contributed by atoms with Gasteiger partial charge in [-0.2, -0.15) is 17.6 Å². The van der Waals surface area contributed by atoms with Crippen LogP contribution < -0.4 is 15.8 Å². The van der Waals surface area contributed by atoms with E-state index in [1.54, 1.807) is 0 Å². The minimum atomic E-state index is -5.01. The lowest BCUT2D eigenvalue weighted by Crippen LogP contribution is -2.47. The zero-order valence-corrected chi connectivity index (χ0v) is 17.2. The van der Waals surface area contributed by atoms with Gasteiger partial charge in [-0.25, -0.2) is 4.39 Å². The van der Waals surface area contributed by atoms with Crippen LogP contribution in [0.2, 0.25) is 0 Å². The molecule has 0 saturated carbocycles. The first-order valence-corrected chi connectivity index (χ1v) is 9.44. The van der Waals surface area contributed by atoms with E-state index in [0.717, 1.165) is 25.3 Å². The molecular weight excluding hydrogens is 453 g/mol. The number of nitrogens with zero attached hydrogens (tertiary/aromatic N) is 1. The first-order valence-electron chi connectivity index (χ1n) is 10.9. The average Bonchev–Trinajstić information content (AvgIpc) is 3.03. The maximum Gasteiger partial charge on any atom is 0.417 e. The van der Waals surface area contributed by atoms with Crippen LogP contribution in [0.25, 0.3) is 0 Å². The number of ether oxygens (including phenoxy) is 2. The fourth-order valence-electron chi connectivity index (χ4n) is 3.79. The van der Waals surface area contributed by atoms with E-state index in [4.69, 9.17) is 14.6 Å². The summed E-state index contributed by atoms with van der Waals surface area (Å²) in [4.78, 5) is 28.2. The summed E-state index contributed by atoms with van der Waals surface area (Å²) in [6, 6.07) is 3.70. The number of halogens is 5. The summed E-state index contributed by atoms with van der Waals surface area (Å²) in [6.45, 7) is 1.75. The van der Waals surface area contributed by atoms with Crippen LogP contribution in [0.4, 0.5) is 27.6 Å². The summed E-state index contributed by atoms with van der Waals surface area (Å²) < 4.78 is 102. The topological polar surface area (TPSA) is 104 Å². The number of hydrogen-bond donors (Lipinski definition) is 2. The number of alkyl halides is 3. The number of nitrogens with two attached hydrogens (primary N) is 1. The lowest BCUT2D eigenvalue weighted by Gasteiger charge is -2.32. The van der Waals surface area contributed by atoms with E-state index in [-0.39, 0.29) is 11.4 Å². The molecule has 3 rings (SSSR count). The Bertz CT molecular complexity index is 1190. The van der Waals surface area contributed by atoms with Gasteiger partial charge in [0.1, 0.15) is 11.8 Å². The summed E-state index contributed by atoms with van der Waals surface area (Å²) >= 11 is 0. The van der Waals surface area contributed by atoms with Crippen LogP contribution in [-0.2, 0) is 9.53 Å².